The lowest BCUT2D eigenvalue weighted by atomic mass is 10.1. The standard InChI is InChI=1S/C15H26N4O/c1-3-8-16-14-9-15(19-13(4-2)18-14)17-10-11-6-5-7-12(11)20/h9,11-12,20H,3-8,10H2,1-2H3,(H2,16,17,18,19). The highest BCUT2D eigenvalue weighted by atomic mass is 16.3. The van der Waals surface area contributed by atoms with Gasteiger partial charge in [0.2, 0.25) is 0 Å². The summed E-state index contributed by atoms with van der Waals surface area (Å²) in [6.07, 6.45) is 4.89. The molecule has 2 atom stereocenters. The number of aromatic nitrogens is 2. The zero-order valence-corrected chi connectivity index (χ0v) is 12.5. The van der Waals surface area contributed by atoms with Crippen molar-refractivity contribution in [3.05, 3.63) is 11.9 Å². The van der Waals surface area contributed by atoms with Gasteiger partial charge in [0.25, 0.3) is 0 Å². The van der Waals surface area contributed by atoms with E-state index in [9.17, 15) is 5.11 Å². The van der Waals surface area contributed by atoms with E-state index in [1.807, 2.05) is 6.07 Å². The highest BCUT2D eigenvalue weighted by Crippen LogP contribution is 2.25. The van der Waals surface area contributed by atoms with Crippen molar-refractivity contribution >= 4 is 11.6 Å². The van der Waals surface area contributed by atoms with Crippen LogP contribution in [0.1, 0.15) is 45.4 Å². The summed E-state index contributed by atoms with van der Waals surface area (Å²) in [6.45, 7) is 5.90. The highest BCUT2D eigenvalue weighted by Gasteiger charge is 2.24. The second-order valence-corrected chi connectivity index (χ2v) is 5.47. The van der Waals surface area contributed by atoms with Crippen molar-refractivity contribution in [2.75, 3.05) is 23.7 Å². The van der Waals surface area contributed by atoms with Gasteiger partial charge in [-0.05, 0) is 19.3 Å². The molecule has 1 aliphatic carbocycles. The van der Waals surface area contributed by atoms with Gasteiger partial charge in [0.05, 0.1) is 6.10 Å². The molecule has 2 rings (SSSR count). The van der Waals surface area contributed by atoms with Gasteiger partial charge in [-0.25, -0.2) is 9.97 Å². The third-order valence-electron chi connectivity index (χ3n) is 3.81. The van der Waals surface area contributed by atoms with Crippen molar-refractivity contribution in [2.45, 2.75) is 52.1 Å². The van der Waals surface area contributed by atoms with Crippen molar-refractivity contribution in [2.24, 2.45) is 5.92 Å². The first kappa shape index (κ1) is 15.0. The Hall–Kier alpha value is -1.36. The molecule has 1 heterocycles. The summed E-state index contributed by atoms with van der Waals surface area (Å²) >= 11 is 0. The minimum absolute atomic E-state index is 0.160. The first-order chi connectivity index (χ1) is 9.72. The number of nitrogens with zero attached hydrogens (tertiary/aromatic N) is 2. The predicted octanol–water partition coefficient (Wildman–Crippen LogP) is 2.43. The zero-order valence-electron chi connectivity index (χ0n) is 12.5. The molecule has 1 aromatic heterocycles. The number of aliphatic hydroxyl groups excluding tert-OH is 1. The van der Waals surface area contributed by atoms with E-state index in [1.54, 1.807) is 0 Å². The van der Waals surface area contributed by atoms with Crippen LogP contribution in [0.15, 0.2) is 6.07 Å². The maximum atomic E-state index is 9.85. The van der Waals surface area contributed by atoms with Crippen LogP contribution in [0.2, 0.25) is 0 Å². The van der Waals surface area contributed by atoms with Crippen LogP contribution in [0.25, 0.3) is 0 Å². The third kappa shape index (κ3) is 4.07. The molecule has 5 heteroatoms. The summed E-state index contributed by atoms with van der Waals surface area (Å²) in [6, 6.07) is 1.95. The average Bonchev–Trinajstić information content (AvgIpc) is 2.88. The van der Waals surface area contributed by atoms with Crippen LogP contribution in [-0.2, 0) is 6.42 Å². The lowest BCUT2D eigenvalue weighted by molar-refractivity contribution is 0.138. The van der Waals surface area contributed by atoms with E-state index >= 15 is 0 Å². The van der Waals surface area contributed by atoms with Crippen LogP contribution < -0.4 is 10.6 Å². The molecule has 0 radical (unpaired) electrons. The number of rotatable bonds is 7. The lowest BCUT2D eigenvalue weighted by Crippen LogP contribution is -2.22. The van der Waals surface area contributed by atoms with Crippen LogP contribution in [0.5, 0.6) is 0 Å². The summed E-state index contributed by atoms with van der Waals surface area (Å²) in [4.78, 5) is 8.97. The van der Waals surface area contributed by atoms with Crippen LogP contribution in [-0.4, -0.2) is 34.3 Å². The maximum absolute atomic E-state index is 9.85. The largest absolute Gasteiger partial charge is 0.393 e. The number of aliphatic hydroxyl groups is 1. The van der Waals surface area contributed by atoms with Crippen molar-refractivity contribution < 1.29 is 5.11 Å². The van der Waals surface area contributed by atoms with Gasteiger partial charge in [-0.1, -0.05) is 20.3 Å². The lowest BCUT2D eigenvalue weighted by Gasteiger charge is -2.16. The van der Waals surface area contributed by atoms with E-state index < -0.39 is 0 Å². The summed E-state index contributed by atoms with van der Waals surface area (Å²) in [5.74, 6) is 2.94. The summed E-state index contributed by atoms with van der Waals surface area (Å²) in [5, 5.41) is 16.5. The zero-order chi connectivity index (χ0) is 14.4. The Morgan fingerprint density at radius 2 is 1.95 bits per heavy atom. The van der Waals surface area contributed by atoms with Gasteiger partial charge in [-0.3, -0.25) is 0 Å². The van der Waals surface area contributed by atoms with Crippen molar-refractivity contribution in [3.8, 4) is 0 Å². The van der Waals surface area contributed by atoms with Crippen LogP contribution in [0.3, 0.4) is 0 Å². The number of nitrogens with one attached hydrogen (secondary N) is 2. The first-order valence-corrected chi connectivity index (χ1v) is 7.76. The van der Waals surface area contributed by atoms with Gasteiger partial charge >= 0.3 is 0 Å². The quantitative estimate of drug-likeness (QED) is 0.714. The van der Waals surface area contributed by atoms with E-state index in [2.05, 4.69) is 34.4 Å². The monoisotopic (exact) mass is 278 g/mol. The Labute approximate surface area is 121 Å². The predicted molar refractivity (Wildman–Crippen MR) is 82.0 cm³/mol. The number of aryl methyl sites for hydroxylation is 1. The highest BCUT2D eigenvalue weighted by molar-refractivity contribution is 5.47. The molecule has 0 aromatic carbocycles. The molecule has 112 valence electrons. The van der Waals surface area contributed by atoms with Crippen LogP contribution >= 0.6 is 0 Å². The summed E-state index contributed by atoms with van der Waals surface area (Å²) in [7, 11) is 0. The number of hydrogen-bond acceptors (Lipinski definition) is 5. The van der Waals surface area contributed by atoms with Crippen molar-refractivity contribution in [1.82, 2.24) is 9.97 Å². The molecule has 1 fully saturated rings. The van der Waals surface area contributed by atoms with Gasteiger partial charge < -0.3 is 15.7 Å². The molecule has 0 spiro atoms. The summed E-state index contributed by atoms with van der Waals surface area (Å²) < 4.78 is 0. The minimum Gasteiger partial charge on any atom is -0.393 e. The van der Waals surface area contributed by atoms with Gasteiger partial charge in [0.15, 0.2) is 0 Å². The molecule has 2 unspecified atom stereocenters. The topological polar surface area (TPSA) is 70.1 Å². The Morgan fingerprint density at radius 3 is 2.55 bits per heavy atom. The maximum Gasteiger partial charge on any atom is 0.132 e. The van der Waals surface area contributed by atoms with E-state index in [0.717, 1.165) is 62.7 Å². The Morgan fingerprint density at radius 1 is 1.20 bits per heavy atom. The molecule has 1 aliphatic rings. The Bertz CT molecular complexity index is 424. The van der Waals surface area contributed by atoms with Gasteiger partial charge in [-0.2, -0.15) is 0 Å². The van der Waals surface area contributed by atoms with Gasteiger partial charge in [0, 0.05) is 31.5 Å². The Kier molecular flexibility index (Phi) is 5.59. The van der Waals surface area contributed by atoms with Crippen molar-refractivity contribution in [1.29, 1.82) is 0 Å². The molecule has 5 nitrogen and oxygen atoms in total. The number of anilines is 2. The van der Waals surface area contributed by atoms with E-state index in [-0.39, 0.29) is 6.10 Å². The Balaban J connectivity index is 1.98. The van der Waals surface area contributed by atoms with Crippen molar-refractivity contribution in [3.63, 3.8) is 0 Å². The molecule has 0 saturated heterocycles. The molecule has 1 saturated carbocycles. The summed E-state index contributed by atoms with van der Waals surface area (Å²) in [5.41, 5.74) is 0. The van der Waals surface area contributed by atoms with E-state index in [4.69, 9.17) is 0 Å². The molecule has 0 aliphatic heterocycles. The molecule has 3 N–H and O–H groups in total. The smallest absolute Gasteiger partial charge is 0.132 e. The fourth-order valence-electron chi connectivity index (χ4n) is 2.58. The first-order valence-electron chi connectivity index (χ1n) is 7.76. The minimum atomic E-state index is -0.160. The number of hydrogen-bond donors (Lipinski definition) is 3. The molecular weight excluding hydrogens is 252 g/mol. The van der Waals surface area contributed by atoms with E-state index in [1.165, 1.54) is 0 Å². The third-order valence-corrected chi connectivity index (χ3v) is 3.81. The van der Waals surface area contributed by atoms with Gasteiger partial charge in [-0.15, -0.1) is 0 Å². The molecule has 1 aromatic rings. The van der Waals surface area contributed by atoms with Gasteiger partial charge in [0.1, 0.15) is 17.5 Å². The molecular formula is C15H26N4O. The second-order valence-electron chi connectivity index (χ2n) is 5.47. The average molecular weight is 278 g/mol. The fourth-order valence-corrected chi connectivity index (χ4v) is 2.58. The van der Waals surface area contributed by atoms with E-state index in [0.29, 0.717) is 5.92 Å². The second kappa shape index (κ2) is 7.43. The molecule has 0 amide bonds. The van der Waals surface area contributed by atoms with Crippen LogP contribution in [0.4, 0.5) is 11.6 Å². The molecule has 20 heavy (non-hydrogen) atoms. The normalized spacial score (nSPS) is 21.9. The SMILES string of the molecule is CCCNc1cc(NCC2CCCC2O)nc(CC)n1. The molecule has 0 bridgehead atoms. The fraction of sp³-hybridized carbons (Fsp3) is 0.733. The van der Waals surface area contributed by atoms with Crippen LogP contribution in [0, 0.1) is 5.92 Å².